The number of aliphatic hydroxyl groups excluding tert-OH is 4. The van der Waals surface area contributed by atoms with Crippen molar-refractivity contribution in [2.24, 2.45) is 0 Å². The molecule has 8 nitrogen and oxygen atoms in total. The molecule has 122 valence electrons. The Labute approximate surface area is 126 Å². The highest BCUT2D eigenvalue weighted by atomic mass is 16.5. The Morgan fingerprint density at radius 1 is 1.14 bits per heavy atom. The molecule has 0 aliphatic heterocycles. The molecule has 0 heterocycles. The number of aromatic hydroxyl groups is 2. The van der Waals surface area contributed by atoms with Crippen molar-refractivity contribution in [2.45, 2.75) is 18.3 Å². The van der Waals surface area contributed by atoms with Crippen LogP contribution in [0.1, 0.15) is 5.56 Å². The fourth-order valence-corrected chi connectivity index (χ4v) is 1.49. The van der Waals surface area contributed by atoms with Crippen molar-refractivity contribution in [1.82, 2.24) is 0 Å². The van der Waals surface area contributed by atoms with Crippen LogP contribution in [0.4, 0.5) is 0 Å². The van der Waals surface area contributed by atoms with Crippen LogP contribution in [-0.2, 0) is 9.53 Å². The lowest BCUT2D eigenvalue weighted by atomic mass is 10.1. The Kier molecular flexibility index (Phi) is 6.80. The van der Waals surface area contributed by atoms with E-state index in [0.29, 0.717) is 5.56 Å². The van der Waals surface area contributed by atoms with E-state index >= 15 is 0 Å². The molecule has 1 rings (SSSR count). The summed E-state index contributed by atoms with van der Waals surface area (Å²) in [4.78, 5) is 11.4. The Balaban J connectivity index is 2.49. The predicted octanol–water partition coefficient (Wildman–Crippen LogP) is -1.27. The first-order chi connectivity index (χ1) is 10.3. The van der Waals surface area contributed by atoms with Crippen molar-refractivity contribution in [3.63, 3.8) is 0 Å². The Hall–Kier alpha value is -2.13. The predicted molar refractivity (Wildman–Crippen MR) is 74.9 cm³/mol. The van der Waals surface area contributed by atoms with Gasteiger partial charge in [-0.3, -0.25) is 0 Å². The second kappa shape index (κ2) is 8.35. The first-order valence-corrected chi connectivity index (χ1v) is 6.37. The Morgan fingerprint density at radius 3 is 2.41 bits per heavy atom. The zero-order chi connectivity index (χ0) is 16.7. The van der Waals surface area contributed by atoms with Crippen molar-refractivity contribution in [1.29, 1.82) is 0 Å². The van der Waals surface area contributed by atoms with E-state index in [1.54, 1.807) is 0 Å². The molecule has 0 saturated carbocycles. The van der Waals surface area contributed by atoms with Crippen molar-refractivity contribution in [3.05, 3.63) is 29.8 Å². The van der Waals surface area contributed by atoms with E-state index in [4.69, 9.17) is 15.3 Å². The minimum Gasteiger partial charge on any atom is -0.504 e. The van der Waals surface area contributed by atoms with Gasteiger partial charge in [-0.1, -0.05) is 6.07 Å². The molecule has 0 saturated heterocycles. The van der Waals surface area contributed by atoms with Gasteiger partial charge in [0.1, 0.15) is 24.9 Å². The fraction of sp³-hybridized carbons (Fsp3) is 0.357. The first-order valence-electron chi connectivity index (χ1n) is 6.37. The van der Waals surface area contributed by atoms with Crippen LogP contribution in [0, 0.1) is 0 Å². The van der Waals surface area contributed by atoms with Crippen LogP contribution >= 0.6 is 0 Å². The normalized spacial score (nSPS) is 15.5. The standard InChI is InChI=1S/C14H18O8/c15-6-11(18)14(21)12(19)7-22-13(20)4-2-8-1-3-9(16)10(17)5-8/h1-5,11-12,14-19,21H,6-7H2/t11-,12+,14+/m1/s1. The van der Waals surface area contributed by atoms with Gasteiger partial charge < -0.3 is 35.4 Å². The highest BCUT2D eigenvalue weighted by molar-refractivity contribution is 5.87. The number of carbonyl (C=O) groups is 1. The number of ether oxygens (including phenoxy) is 1. The van der Waals surface area contributed by atoms with Gasteiger partial charge in [-0.15, -0.1) is 0 Å². The van der Waals surface area contributed by atoms with Gasteiger partial charge in [0.25, 0.3) is 0 Å². The largest absolute Gasteiger partial charge is 0.504 e. The second-order valence-corrected chi connectivity index (χ2v) is 4.52. The molecule has 0 fully saturated rings. The van der Waals surface area contributed by atoms with E-state index in [1.807, 2.05) is 0 Å². The third-order valence-electron chi connectivity index (χ3n) is 2.78. The summed E-state index contributed by atoms with van der Waals surface area (Å²) in [6.07, 6.45) is -2.39. The molecule has 0 radical (unpaired) electrons. The van der Waals surface area contributed by atoms with Gasteiger partial charge in [0.05, 0.1) is 6.61 Å². The first kappa shape index (κ1) is 17.9. The number of benzene rings is 1. The number of phenolic OH excluding ortho intramolecular Hbond substituents is 2. The topological polar surface area (TPSA) is 148 Å². The number of aliphatic hydroxyl groups is 4. The molecule has 0 aromatic heterocycles. The average molecular weight is 314 g/mol. The van der Waals surface area contributed by atoms with Crippen molar-refractivity contribution in [2.75, 3.05) is 13.2 Å². The third-order valence-corrected chi connectivity index (χ3v) is 2.78. The molecule has 0 unspecified atom stereocenters. The SMILES string of the molecule is O=C(C=Cc1ccc(O)c(O)c1)OC[C@H](O)[C@@H](O)[C@H](O)CO. The molecule has 0 aliphatic carbocycles. The molecule has 0 aliphatic rings. The van der Waals surface area contributed by atoms with Crippen LogP contribution < -0.4 is 0 Å². The summed E-state index contributed by atoms with van der Waals surface area (Å²) >= 11 is 0. The molecule has 1 aromatic rings. The molecule has 6 N–H and O–H groups in total. The maximum absolute atomic E-state index is 11.4. The lowest BCUT2D eigenvalue weighted by Gasteiger charge is -2.20. The van der Waals surface area contributed by atoms with Crippen LogP contribution in [0.3, 0.4) is 0 Å². The van der Waals surface area contributed by atoms with E-state index in [1.165, 1.54) is 24.3 Å². The Morgan fingerprint density at radius 2 is 1.82 bits per heavy atom. The number of hydrogen-bond donors (Lipinski definition) is 6. The van der Waals surface area contributed by atoms with Crippen LogP contribution in [0.5, 0.6) is 11.5 Å². The van der Waals surface area contributed by atoms with E-state index < -0.39 is 37.5 Å². The van der Waals surface area contributed by atoms with Crippen molar-refractivity contribution >= 4 is 12.0 Å². The number of esters is 1. The van der Waals surface area contributed by atoms with Gasteiger partial charge in [0.2, 0.25) is 0 Å². The molecule has 22 heavy (non-hydrogen) atoms. The van der Waals surface area contributed by atoms with Crippen LogP contribution in [-0.4, -0.2) is 68.1 Å². The summed E-state index contributed by atoms with van der Waals surface area (Å²) in [5.74, 6) is -1.45. The van der Waals surface area contributed by atoms with Crippen LogP contribution in [0.25, 0.3) is 6.08 Å². The van der Waals surface area contributed by atoms with Gasteiger partial charge >= 0.3 is 5.97 Å². The monoisotopic (exact) mass is 314 g/mol. The number of phenols is 2. The summed E-state index contributed by atoms with van der Waals surface area (Å²) in [6.45, 7) is -1.31. The lowest BCUT2D eigenvalue weighted by Crippen LogP contribution is -2.42. The number of carbonyl (C=O) groups excluding carboxylic acids is 1. The summed E-state index contributed by atoms with van der Waals surface area (Å²) in [5.41, 5.74) is 0.434. The zero-order valence-corrected chi connectivity index (χ0v) is 11.5. The molecule has 0 bridgehead atoms. The van der Waals surface area contributed by atoms with E-state index in [9.17, 15) is 20.1 Å². The maximum Gasteiger partial charge on any atom is 0.330 e. The highest BCUT2D eigenvalue weighted by Crippen LogP contribution is 2.25. The molecule has 8 heteroatoms. The van der Waals surface area contributed by atoms with Gasteiger partial charge in [-0.25, -0.2) is 4.79 Å². The second-order valence-electron chi connectivity index (χ2n) is 4.52. The fourth-order valence-electron chi connectivity index (χ4n) is 1.49. The van der Waals surface area contributed by atoms with Crippen molar-refractivity contribution < 1.29 is 40.2 Å². The average Bonchev–Trinajstić information content (AvgIpc) is 2.52. The van der Waals surface area contributed by atoms with Gasteiger partial charge in [0, 0.05) is 6.08 Å². The number of rotatable bonds is 7. The smallest absolute Gasteiger partial charge is 0.330 e. The quantitative estimate of drug-likeness (QED) is 0.207. The molecule has 3 atom stereocenters. The highest BCUT2D eigenvalue weighted by Gasteiger charge is 2.24. The lowest BCUT2D eigenvalue weighted by molar-refractivity contribution is -0.146. The van der Waals surface area contributed by atoms with Crippen LogP contribution in [0.15, 0.2) is 24.3 Å². The maximum atomic E-state index is 11.4. The summed E-state index contributed by atoms with van der Waals surface area (Å²) in [5, 5.41) is 54.9. The Bertz CT molecular complexity index is 528. The van der Waals surface area contributed by atoms with E-state index in [0.717, 1.165) is 6.08 Å². The molecular weight excluding hydrogens is 296 g/mol. The summed E-state index contributed by atoms with van der Waals surface area (Å²) in [6, 6.07) is 3.93. The summed E-state index contributed by atoms with van der Waals surface area (Å²) < 4.78 is 4.65. The van der Waals surface area contributed by atoms with E-state index in [-0.39, 0.29) is 11.5 Å². The van der Waals surface area contributed by atoms with Gasteiger partial charge in [-0.05, 0) is 23.8 Å². The minimum atomic E-state index is -1.64. The molecule has 0 amide bonds. The van der Waals surface area contributed by atoms with Gasteiger partial charge in [0.15, 0.2) is 11.5 Å². The molecule has 0 spiro atoms. The third kappa shape index (κ3) is 5.34. The van der Waals surface area contributed by atoms with Crippen LogP contribution in [0.2, 0.25) is 0 Å². The zero-order valence-electron chi connectivity index (χ0n) is 11.5. The summed E-state index contributed by atoms with van der Waals surface area (Å²) in [7, 11) is 0. The molecule has 1 aromatic carbocycles. The van der Waals surface area contributed by atoms with Gasteiger partial charge in [-0.2, -0.15) is 0 Å². The molecular formula is C14H18O8. The minimum absolute atomic E-state index is 0.292. The van der Waals surface area contributed by atoms with Crippen molar-refractivity contribution in [3.8, 4) is 11.5 Å². The number of hydrogen-bond acceptors (Lipinski definition) is 8. The van der Waals surface area contributed by atoms with E-state index in [2.05, 4.69) is 4.74 Å².